The molecule has 20 nitrogen and oxygen atoms in total. The lowest BCUT2D eigenvalue weighted by Gasteiger charge is -2.52. The Balaban J connectivity index is 1.17. The van der Waals surface area contributed by atoms with Gasteiger partial charge in [0.15, 0.2) is 42.0 Å². The van der Waals surface area contributed by atoms with Crippen molar-refractivity contribution in [3.63, 3.8) is 0 Å². The highest BCUT2D eigenvalue weighted by Gasteiger charge is 2.94. The minimum atomic E-state index is -2.22. The molecule has 2 bridgehead atoms. The van der Waals surface area contributed by atoms with E-state index < -0.39 is 119 Å². The van der Waals surface area contributed by atoms with Gasteiger partial charge >= 0.3 is 11.9 Å². The van der Waals surface area contributed by atoms with Crippen LogP contribution in [0.2, 0.25) is 0 Å². The molecule has 20 heteroatoms. The van der Waals surface area contributed by atoms with Crippen LogP contribution in [0.15, 0.2) is 6.07 Å². The Labute approximate surface area is 367 Å². The molecule has 5 fully saturated rings. The molecule has 5 saturated heterocycles. The van der Waals surface area contributed by atoms with Crippen molar-refractivity contribution in [2.75, 3.05) is 27.9 Å². The van der Waals surface area contributed by atoms with Gasteiger partial charge in [-0.25, -0.2) is 0 Å². The van der Waals surface area contributed by atoms with Crippen LogP contribution in [0.1, 0.15) is 106 Å². The van der Waals surface area contributed by atoms with Crippen LogP contribution in [0, 0.1) is 6.92 Å². The summed E-state index contributed by atoms with van der Waals surface area (Å²) < 4.78 is 81.2. The van der Waals surface area contributed by atoms with Gasteiger partial charge < -0.3 is 76.9 Å². The molecule has 64 heavy (non-hydrogen) atoms. The summed E-state index contributed by atoms with van der Waals surface area (Å²) in [7, 11) is 4.22. The molecule has 0 radical (unpaired) electrons. The normalized spacial score (nSPS) is 40.5. The van der Waals surface area contributed by atoms with E-state index in [1.54, 1.807) is 19.9 Å². The van der Waals surface area contributed by atoms with E-state index in [1.807, 2.05) is 0 Å². The molecule has 3 N–H and O–H groups in total. The number of Topliss-reactive ketones (excluding diaryl/α,β-unsaturated/α-hetero) is 2. The number of carbonyl (C=O) groups excluding carboxylic acids is 4. The SMILES string of the molecule is COc1c2c(c(O)c3c4c(c(C)cc13)[C@@H]1O[C@@]3(C(OC)OC)O[C@@H]1[C@@](O[C@H]1C[C@@H](OC(C)=O)[C@@](O)(C(C)=O)[C@H](C)O1)(O4)[C@@]31CO1)C(=O)CC[C@@H]2O[C@H]1C[C@@](C)(O)[C@H](OC(C)=O)[C@H](C)O1. The highest BCUT2D eigenvalue weighted by molar-refractivity contribution is 6.12. The number of phenols is 1. The molecule has 6 heterocycles. The second-order valence-corrected chi connectivity index (χ2v) is 18.0. The van der Waals surface area contributed by atoms with Crippen LogP contribution < -0.4 is 9.47 Å². The van der Waals surface area contributed by atoms with E-state index in [9.17, 15) is 34.5 Å². The number of hydrogen-bond donors (Lipinski definition) is 3. The predicted octanol–water partition coefficient (Wildman–Crippen LogP) is 2.76. The van der Waals surface area contributed by atoms with Crippen molar-refractivity contribution >= 4 is 34.3 Å². The van der Waals surface area contributed by atoms with Gasteiger partial charge in [0.05, 0.1) is 43.0 Å². The molecule has 7 aliphatic rings. The number of rotatable bonds is 11. The Kier molecular flexibility index (Phi) is 10.7. The van der Waals surface area contributed by atoms with Crippen LogP contribution in [0.5, 0.6) is 17.2 Å². The molecule has 0 unspecified atom stereocenters. The third-order valence-corrected chi connectivity index (χ3v) is 13.9. The minimum Gasteiger partial charge on any atom is -0.506 e. The maximum Gasteiger partial charge on any atom is 0.303 e. The van der Waals surface area contributed by atoms with Gasteiger partial charge in [0.25, 0.3) is 11.6 Å². The van der Waals surface area contributed by atoms with Gasteiger partial charge in [0.1, 0.15) is 35.1 Å². The molecule has 6 aliphatic heterocycles. The summed E-state index contributed by atoms with van der Waals surface area (Å²) in [4.78, 5) is 51.1. The zero-order valence-electron chi connectivity index (χ0n) is 37.2. The number of aryl methyl sites for hydroxylation is 1. The van der Waals surface area contributed by atoms with E-state index in [-0.39, 0.29) is 60.3 Å². The number of hydrogen-bond acceptors (Lipinski definition) is 20. The lowest BCUT2D eigenvalue weighted by molar-refractivity contribution is -0.385. The van der Waals surface area contributed by atoms with Crippen molar-refractivity contribution in [2.24, 2.45) is 0 Å². The van der Waals surface area contributed by atoms with Gasteiger partial charge in [-0.3, -0.25) is 19.2 Å². The Morgan fingerprint density at radius 2 is 1.64 bits per heavy atom. The summed E-state index contributed by atoms with van der Waals surface area (Å²) >= 11 is 0. The second-order valence-electron chi connectivity index (χ2n) is 18.0. The molecule has 0 amide bonds. The van der Waals surface area contributed by atoms with Gasteiger partial charge in [0, 0.05) is 63.8 Å². The lowest BCUT2D eigenvalue weighted by atomic mass is 9.77. The van der Waals surface area contributed by atoms with E-state index in [2.05, 4.69) is 0 Å². The predicted molar refractivity (Wildman–Crippen MR) is 212 cm³/mol. The molecule has 9 rings (SSSR count). The molecule has 14 atom stereocenters. The molecule has 2 aromatic rings. The summed E-state index contributed by atoms with van der Waals surface area (Å²) in [5, 5.41) is 35.9. The molecular formula is C44H54O20. The zero-order chi connectivity index (χ0) is 46.2. The average molecular weight is 903 g/mol. The third kappa shape index (κ3) is 6.14. The van der Waals surface area contributed by atoms with Crippen LogP contribution in [0.4, 0.5) is 0 Å². The lowest BCUT2D eigenvalue weighted by Crippen LogP contribution is -2.72. The summed E-state index contributed by atoms with van der Waals surface area (Å²) in [5.74, 6) is -6.46. The molecule has 0 aromatic heterocycles. The summed E-state index contributed by atoms with van der Waals surface area (Å²) in [6, 6.07) is 1.77. The fourth-order valence-electron chi connectivity index (χ4n) is 11.1. The quantitative estimate of drug-likeness (QED) is 0.167. The number of fused-ring (bicyclic) bond motifs is 8. The van der Waals surface area contributed by atoms with E-state index in [1.165, 1.54) is 49.0 Å². The number of aliphatic hydroxyl groups is 2. The number of aromatic hydroxyl groups is 1. The van der Waals surface area contributed by atoms with Crippen LogP contribution in [0.3, 0.4) is 0 Å². The van der Waals surface area contributed by atoms with E-state index in [0.29, 0.717) is 16.5 Å². The van der Waals surface area contributed by atoms with Gasteiger partial charge in [-0.15, -0.1) is 0 Å². The van der Waals surface area contributed by atoms with Crippen LogP contribution >= 0.6 is 0 Å². The molecule has 2 aromatic carbocycles. The van der Waals surface area contributed by atoms with E-state index >= 15 is 0 Å². The maximum absolute atomic E-state index is 14.1. The second kappa shape index (κ2) is 15.2. The van der Waals surface area contributed by atoms with Crippen molar-refractivity contribution in [3.8, 4) is 17.2 Å². The van der Waals surface area contributed by atoms with Crippen molar-refractivity contribution in [2.45, 2.75) is 164 Å². The van der Waals surface area contributed by atoms with Crippen molar-refractivity contribution < 1.29 is 96.1 Å². The highest BCUT2D eigenvalue weighted by atomic mass is 16.9. The first-order valence-electron chi connectivity index (χ1n) is 21.3. The number of ketones is 2. The number of phenolic OH excluding ortho intramolecular Hbond substituents is 1. The highest BCUT2D eigenvalue weighted by Crippen LogP contribution is 2.72. The largest absolute Gasteiger partial charge is 0.506 e. The smallest absolute Gasteiger partial charge is 0.303 e. The number of methoxy groups -OCH3 is 3. The van der Waals surface area contributed by atoms with Crippen LogP contribution in [-0.2, 0) is 66.5 Å². The van der Waals surface area contributed by atoms with Gasteiger partial charge in [-0.1, -0.05) is 0 Å². The Morgan fingerprint density at radius 3 is 2.23 bits per heavy atom. The topological polar surface area (TPSA) is 252 Å². The third-order valence-electron chi connectivity index (χ3n) is 13.9. The molecule has 350 valence electrons. The van der Waals surface area contributed by atoms with E-state index in [0.717, 1.165) is 6.92 Å². The first kappa shape index (κ1) is 45.1. The Hall–Kier alpha value is -4.06. The number of benzene rings is 2. The first-order chi connectivity index (χ1) is 30.1. The van der Waals surface area contributed by atoms with Gasteiger partial charge in [0.2, 0.25) is 11.9 Å². The molecule has 1 spiro atoms. The van der Waals surface area contributed by atoms with Crippen LogP contribution in [0.25, 0.3) is 10.8 Å². The Bertz CT molecular complexity index is 2300. The number of epoxide rings is 1. The van der Waals surface area contributed by atoms with Gasteiger partial charge in [-0.2, -0.15) is 0 Å². The van der Waals surface area contributed by atoms with Crippen molar-refractivity contribution in [1.29, 1.82) is 0 Å². The van der Waals surface area contributed by atoms with Crippen LogP contribution in [-0.4, -0.2) is 145 Å². The monoisotopic (exact) mass is 902 g/mol. The molecule has 0 saturated carbocycles. The number of carbonyl (C=O) groups is 4. The Morgan fingerprint density at radius 1 is 0.953 bits per heavy atom. The standard InChI is InChI=1S/C44H54O20/c1-17-13-23-30(33(49)31-24(48)11-12-25(32(31)34(23)52-8)60-28-15-40(7,50)37(18(2)56-28)59-22(6)47)35-29(17)36-38-43(62-35,41(16-55-41)44(63-36,64-38)39(53-9)54-10)61-27-14-26(58-21(5)46)42(51,19(3)45)20(4)57-27/h13,18,20,25-28,36-39,49-51H,11-12,14-16H2,1-10H3/t18-,20-,25-,26+,27-,28-,36-,37+,38-,40+,41-,42+,43+,44-/m0/s1. The number of esters is 2. The molecular weight excluding hydrogens is 848 g/mol. The summed E-state index contributed by atoms with van der Waals surface area (Å²) in [5.41, 5.74) is -4.18. The first-order valence-corrected chi connectivity index (χ1v) is 21.3. The fourth-order valence-corrected chi connectivity index (χ4v) is 11.1. The average Bonchev–Trinajstić information content (AvgIpc) is 3.88. The molecule has 1 aliphatic carbocycles. The van der Waals surface area contributed by atoms with Crippen molar-refractivity contribution in [3.05, 3.63) is 28.3 Å². The fraction of sp³-hybridized carbons (Fsp3) is 0.682. The number of ether oxygens (including phenoxy) is 13. The maximum atomic E-state index is 14.1. The summed E-state index contributed by atoms with van der Waals surface area (Å²) in [6.45, 7) is 9.91. The summed E-state index contributed by atoms with van der Waals surface area (Å²) in [6.07, 6.45) is -11.3. The van der Waals surface area contributed by atoms with Crippen molar-refractivity contribution in [1.82, 2.24) is 0 Å². The zero-order valence-corrected chi connectivity index (χ0v) is 37.2. The minimum absolute atomic E-state index is 0.0412. The van der Waals surface area contributed by atoms with E-state index in [4.69, 9.17) is 61.6 Å². The van der Waals surface area contributed by atoms with Gasteiger partial charge in [-0.05, 0) is 52.7 Å².